The zero-order chi connectivity index (χ0) is 9.54. The van der Waals surface area contributed by atoms with Crippen molar-refractivity contribution in [3.05, 3.63) is 29.8 Å². The van der Waals surface area contributed by atoms with Gasteiger partial charge in [0.1, 0.15) is 18.0 Å². The molecule has 14 heavy (non-hydrogen) atoms. The van der Waals surface area contributed by atoms with Crippen molar-refractivity contribution in [3.63, 3.8) is 0 Å². The predicted octanol–water partition coefficient (Wildman–Crippen LogP) is 1.36. The quantitative estimate of drug-likeness (QED) is 0.672. The molecule has 3 heteroatoms. The van der Waals surface area contributed by atoms with Crippen LogP contribution >= 0.6 is 0 Å². The Kier molecular flexibility index (Phi) is 1.75. The fourth-order valence-corrected chi connectivity index (χ4v) is 1.90. The van der Waals surface area contributed by atoms with Crippen molar-refractivity contribution in [2.24, 2.45) is 0 Å². The Bertz CT molecular complexity index is 350. The summed E-state index contributed by atoms with van der Waals surface area (Å²) in [6, 6.07) is 7.98. The summed E-state index contributed by atoms with van der Waals surface area (Å²) in [4.78, 5) is 0. The maximum absolute atomic E-state index is 5.78. The van der Waals surface area contributed by atoms with Crippen LogP contribution in [0.25, 0.3) is 0 Å². The number of fused-ring (bicyclic) bond motifs is 2. The van der Waals surface area contributed by atoms with E-state index in [1.807, 2.05) is 24.3 Å². The molecule has 3 atom stereocenters. The van der Waals surface area contributed by atoms with Crippen LogP contribution in [-0.2, 0) is 16.1 Å². The summed E-state index contributed by atoms with van der Waals surface area (Å²) < 4.78 is 16.7. The van der Waals surface area contributed by atoms with E-state index >= 15 is 0 Å². The van der Waals surface area contributed by atoms with Gasteiger partial charge < -0.3 is 14.2 Å². The third-order valence-corrected chi connectivity index (χ3v) is 2.77. The van der Waals surface area contributed by atoms with E-state index in [0.29, 0.717) is 6.61 Å². The minimum atomic E-state index is 0.0867. The van der Waals surface area contributed by atoms with Crippen LogP contribution in [0.1, 0.15) is 5.56 Å². The Morgan fingerprint density at radius 3 is 3.00 bits per heavy atom. The summed E-state index contributed by atoms with van der Waals surface area (Å²) in [5.74, 6) is 0.930. The Hall–Kier alpha value is -1.06. The van der Waals surface area contributed by atoms with Gasteiger partial charge in [0.2, 0.25) is 0 Å². The van der Waals surface area contributed by atoms with Gasteiger partial charge >= 0.3 is 0 Å². The third kappa shape index (κ3) is 1.13. The molecule has 3 rings (SSSR count). The number of ether oxygens (including phenoxy) is 3. The van der Waals surface area contributed by atoms with E-state index in [-0.39, 0.29) is 18.3 Å². The highest BCUT2D eigenvalue weighted by molar-refractivity contribution is 5.35. The van der Waals surface area contributed by atoms with Crippen LogP contribution in [0.5, 0.6) is 5.75 Å². The van der Waals surface area contributed by atoms with Gasteiger partial charge in [-0.15, -0.1) is 0 Å². The second-order valence-corrected chi connectivity index (χ2v) is 3.67. The van der Waals surface area contributed by atoms with Crippen LogP contribution in [-0.4, -0.2) is 25.4 Å². The predicted molar refractivity (Wildman–Crippen MR) is 50.2 cm³/mol. The van der Waals surface area contributed by atoms with Crippen LogP contribution in [0.4, 0.5) is 0 Å². The molecule has 1 aliphatic carbocycles. The van der Waals surface area contributed by atoms with Crippen LogP contribution < -0.4 is 4.74 Å². The molecule has 1 aromatic carbocycles. The molecule has 1 fully saturated rings. The fourth-order valence-electron chi connectivity index (χ4n) is 1.90. The standard InChI is InChI=1S/C11H12O3/c1-12-9-10-11(9)14-8-5-3-2-4-7(8)6-13-10/h2-5,9-11H,6H2,1H3. The van der Waals surface area contributed by atoms with Crippen molar-refractivity contribution in [1.29, 1.82) is 0 Å². The maximum Gasteiger partial charge on any atom is 0.156 e. The first-order chi connectivity index (χ1) is 6.90. The second kappa shape index (κ2) is 2.97. The van der Waals surface area contributed by atoms with Crippen molar-refractivity contribution in [2.75, 3.05) is 7.11 Å². The molecule has 0 N–H and O–H groups in total. The van der Waals surface area contributed by atoms with Crippen molar-refractivity contribution in [2.45, 2.75) is 24.9 Å². The maximum atomic E-state index is 5.78. The molecule has 3 nitrogen and oxygen atoms in total. The third-order valence-electron chi connectivity index (χ3n) is 2.77. The lowest BCUT2D eigenvalue weighted by Crippen LogP contribution is -2.05. The van der Waals surface area contributed by atoms with E-state index in [0.717, 1.165) is 11.3 Å². The monoisotopic (exact) mass is 192 g/mol. The highest BCUT2D eigenvalue weighted by atomic mass is 16.6. The zero-order valence-corrected chi connectivity index (χ0v) is 7.97. The summed E-state index contributed by atoms with van der Waals surface area (Å²) >= 11 is 0. The van der Waals surface area contributed by atoms with Gasteiger partial charge in [0.05, 0.1) is 6.61 Å². The van der Waals surface area contributed by atoms with Crippen LogP contribution in [0, 0.1) is 0 Å². The van der Waals surface area contributed by atoms with Crippen molar-refractivity contribution in [1.82, 2.24) is 0 Å². The highest BCUT2D eigenvalue weighted by Gasteiger charge is 2.56. The van der Waals surface area contributed by atoms with Gasteiger partial charge in [0.25, 0.3) is 0 Å². The Morgan fingerprint density at radius 2 is 2.14 bits per heavy atom. The van der Waals surface area contributed by atoms with E-state index < -0.39 is 0 Å². The molecule has 1 aliphatic heterocycles. The van der Waals surface area contributed by atoms with E-state index in [9.17, 15) is 0 Å². The molecule has 0 saturated heterocycles. The molecular weight excluding hydrogens is 180 g/mol. The average Bonchev–Trinajstić information content (AvgIpc) is 2.90. The average molecular weight is 192 g/mol. The van der Waals surface area contributed by atoms with Gasteiger partial charge in [-0.2, -0.15) is 0 Å². The highest BCUT2D eigenvalue weighted by Crippen LogP contribution is 2.39. The molecule has 3 unspecified atom stereocenters. The van der Waals surface area contributed by atoms with Crippen LogP contribution in [0.3, 0.4) is 0 Å². The largest absolute Gasteiger partial charge is 0.484 e. The first-order valence-corrected chi connectivity index (χ1v) is 4.79. The molecule has 0 aromatic heterocycles. The number of benzene rings is 1. The van der Waals surface area contributed by atoms with Gasteiger partial charge in [-0.1, -0.05) is 18.2 Å². The van der Waals surface area contributed by atoms with Gasteiger partial charge in [-0.25, -0.2) is 0 Å². The Balaban J connectivity index is 1.87. The summed E-state index contributed by atoms with van der Waals surface area (Å²) in [7, 11) is 1.69. The minimum absolute atomic E-state index is 0.0867. The number of methoxy groups -OCH3 is 1. The van der Waals surface area contributed by atoms with E-state index in [1.54, 1.807) is 7.11 Å². The molecule has 0 bridgehead atoms. The molecule has 2 aliphatic rings. The number of para-hydroxylation sites is 1. The van der Waals surface area contributed by atoms with E-state index in [2.05, 4.69) is 0 Å². The van der Waals surface area contributed by atoms with Crippen molar-refractivity contribution >= 4 is 0 Å². The lowest BCUT2D eigenvalue weighted by molar-refractivity contribution is 0.0557. The first-order valence-electron chi connectivity index (χ1n) is 4.79. The summed E-state index contributed by atoms with van der Waals surface area (Å²) in [6.07, 6.45) is 0.319. The Morgan fingerprint density at radius 1 is 1.29 bits per heavy atom. The van der Waals surface area contributed by atoms with Gasteiger partial charge in [0.15, 0.2) is 6.10 Å². The number of rotatable bonds is 1. The molecule has 1 heterocycles. The molecular formula is C11H12O3. The lowest BCUT2D eigenvalue weighted by atomic mass is 10.2. The SMILES string of the molecule is COC1C2OCc3ccccc3OC12. The molecule has 74 valence electrons. The molecule has 0 amide bonds. The number of hydrogen-bond acceptors (Lipinski definition) is 3. The lowest BCUT2D eigenvalue weighted by Gasteiger charge is -2.08. The minimum Gasteiger partial charge on any atom is -0.484 e. The number of hydrogen-bond donors (Lipinski definition) is 0. The van der Waals surface area contributed by atoms with Gasteiger partial charge in [-0.3, -0.25) is 0 Å². The molecule has 1 aromatic rings. The fraction of sp³-hybridized carbons (Fsp3) is 0.455. The summed E-state index contributed by atoms with van der Waals surface area (Å²) in [5, 5.41) is 0. The summed E-state index contributed by atoms with van der Waals surface area (Å²) in [5.41, 5.74) is 1.12. The normalized spacial score (nSPS) is 33.6. The topological polar surface area (TPSA) is 27.7 Å². The molecule has 0 radical (unpaired) electrons. The first kappa shape index (κ1) is 8.26. The summed E-state index contributed by atoms with van der Waals surface area (Å²) in [6.45, 7) is 0.622. The Labute approximate surface area is 82.6 Å². The van der Waals surface area contributed by atoms with E-state index in [4.69, 9.17) is 14.2 Å². The molecule has 0 spiro atoms. The van der Waals surface area contributed by atoms with Crippen LogP contribution in [0.2, 0.25) is 0 Å². The second-order valence-electron chi connectivity index (χ2n) is 3.67. The van der Waals surface area contributed by atoms with E-state index in [1.165, 1.54) is 0 Å². The van der Waals surface area contributed by atoms with Gasteiger partial charge in [-0.05, 0) is 6.07 Å². The van der Waals surface area contributed by atoms with Crippen molar-refractivity contribution < 1.29 is 14.2 Å². The van der Waals surface area contributed by atoms with Gasteiger partial charge in [0, 0.05) is 12.7 Å². The van der Waals surface area contributed by atoms with Crippen molar-refractivity contribution in [3.8, 4) is 5.75 Å². The van der Waals surface area contributed by atoms with Crippen LogP contribution in [0.15, 0.2) is 24.3 Å². The molecule has 1 saturated carbocycles. The smallest absolute Gasteiger partial charge is 0.156 e. The zero-order valence-electron chi connectivity index (χ0n) is 7.97.